The van der Waals surface area contributed by atoms with Gasteiger partial charge in [-0.2, -0.15) is 0 Å². The van der Waals surface area contributed by atoms with Crippen molar-refractivity contribution in [1.82, 2.24) is 5.32 Å². The number of hydrogen-bond acceptors (Lipinski definition) is 4. The third kappa shape index (κ3) is 4.63. The number of phenols is 2. The van der Waals surface area contributed by atoms with E-state index in [1.807, 2.05) is 0 Å². The zero-order valence-electron chi connectivity index (χ0n) is 10.3. The van der Waals surface area contributed by atoms with Crippen LogP contribution in [0.1, 0.15) is 25.8 Å². The Hall–Kier alpha value is -1.26. The van der Waals surface area contributed by atoms with Gasteiger partial charge in [-0.15, -0.1) is 0 Å². The van der Waals surface area contributed by atoms with Crippen LogP contribution in [-0.4, -0.2) is 28.0 Å². The molecule has 1 aromatic rings. The second kappa shape index (κ2) is 6.47. The molecule has 1 aromatic carbocycles. The van der Waals surface area contributed by atoms with Gasteiger partial charge in [0.25, 0.3) is 0 Å². The van der Waals surface area contributed by atoms with Gasteiger partial charge in [-0.25, -0.2) is 0 Å². The Balaban J connectivity index is 2.53. The second-order valence-corrected chi connectivity index (χ2v) is 4.70. The van der Waals surface area contributed by atoms with E-state index in [-0.39, 0.29) is 24.1 Å². The normalized spacial score (nSPS) is 12.9. The molecule has 4 nitrogen and oxygen atoms in total. The summed E-state index contributed by atoms with van der Waals surface area (Å²) >= 11 is 0. The number of aliphatic hydroxyl groups is 1. The van der Waals surface area contributed by atoms with E-state index < -0.39 is 0 Å². The first-order valence-electron chi connectivity index (χ1n) is 5.88. The first-order valence-corrected chi connectivity index (χ1v) is 5.88. The van der Waals surface area contributed by atoms with Gasteiger partial charge in [0.15, 0.2) is 0 Å². The summed E-state index contributed by atoms with van der Waals surface area (Å²) in [6.45, 7) is 4.76. The summed E-state index contributed by atoms with van der Waals surface area (Å²) in [6, 6.07) is 4.55. The topological polar surface area (TPSA) is 72.7 Å². The van der Waals surface area contributed by atoms with Crippen molar-refractivity contribution < 1.29 is 15.3 Å². The molecule has 1 rings (SSSR count). The highest BCUT2D eigenvalue weighted by Gasteiger charge is 2.10. The van der Waals surface area contributed by atoms with Gasteiger partial charge in [-0.3, -0.25) is 0 Å². The van der Waals surface area contributed by atoms with Crippen molar-refractivity contribution >= 4 is 0 Å². The Morgan fingerprint density at radius 3 is 2.47 bits per heavy atom. The lowest BCUT2D eigenvalue weighted by Gasteiger charge is -2.18. The predicted molar refractivity (Wildman–Crippen MR) is 66.9 cm³/mol. The van der Waals surface area contributed by atoms with Gasteiger partial charge >= 0.3 is 0 Å². The van der Waals surface area contributed by atoms with Crippen molar-refractivity contribution in [3.05, 3.63) is 23.8 Å². The van der Waals surface area contributed by atoms with Crippen LogP contribution in [0.25, 0.3) is 0 Å². The smallest absolute Gasteiger partial charge is 0.123 e. The maximum atomic E-state index is 9.60. The van der Waals surface area contributed by atoms with Crippen molar-refractivity contribution in [2.24, 2.45) is 5.92 Å². The third-order valence-corrected chi connectivity index (χ3v) is 2.63. The Morgan fingerprint density at radius 1 is 1.24 bits per heavy atom. The lowest BCUT2D eigenvalue weighted by atomic mass is 10.0. The third-order valence-electron chi connectivity index (χ3n) is 2.63. The minimum atomic E-state index is 0.0307. The highest BCUT2D eigenvalue weighted by Crippen LogP contribution is 2.22. The molecule has 0 amide bonds. The molecule has 96 valence electrons. The lowest BCUT2D eigenvalue weighted by molar-refractivity contribution is 0.223. The predicted octanol–water partition coefficient (Wildman–Crippen LogP) is 1.59. The summed E-state index contributed by atoms with van der Waals surface area (Å²) in [6.07, 6.45) is 0.884. The molecule has 0 spiro atoms. The summed E-state index contributed by atoms with van der Waals surface area (Å²) in [5.41, 5.74) is 0.713. The number of benzene rings is 1. The number of rotatable bonds is 6. The van der Waals surface area contributed by atoms with Gasteiger partial charge in [0.1, 0.15) is 11.5 Å². The van der Waals surface area contributed by atoms with Crippen LogP contribution in [0.15, 0.2) is 18.2 Å². The van der Waals surface area contributed by atoms with Crippen LogP contribution in [0.2, 0.25) is 0 Å². The maximum Gasteiger partial charge on any atom is 0.123 e. The van der Waals surface area contributed by atoms with Crippen LogP contribution in [0.4, 0.5) is 0 Å². The highest BCUT2D eigenvalue weighted by molar-refractivity contribution is 5.38. The molecule has 17 heavy (non-hydrogen) atoms. The van der Waals surface area contributed by atoms with Crippen molar-refractivity contribution in [3.8, 4) is 11.5 Å². The standard InChI is InChI=1S/C13H21NO3/c1-9(2)5-11(8-15)14-7-10-3-4-12(16)6-13(10)17/h3-4,6,9,11,14-17H,5,7-8H2,1-2H3. The van der Waals surface area contributed by atoms with E-state index in [0.717, 1.165) is 6.42 Å². The Labute approximate surface area is 102 Å². The average Bonchev–Trinajstić information content (AvgIpc) is 2.25. The van der Waals surface area contributed by atoms with E-state index >= 15 is 0 Å². The molecule has 1 unspecified atom stereocenters. The highest BCUT2D eigenvalue weighted by atomic mass is 16.3. The molecule has 0 aliphatic carbocycles. The second-order valence-electron chi connectivity index (χ2n) is 4.70. The van der Waals surface area contributed by atoms with Crippen LogP contribution < -0.4 is 5.32 Å². The van der Waals surface area contributed by atoms with E-state index in [9.17, 15) is 10.2 Å². The Morgan fingerprint density at radius 2 is 1.94 bits per heavy atom. The van der Waals surface area contributed by atoms with E-state index in [1.54, 1.807) is 6.07 Å². The molecule has 0 saturated heterocycles. The molecule has 0 aliphatic rings. The fourth-order valence-corrected chi connectivity index (χ4v) is 1.75. The quantitative estimate of drug-likeness (QED) is 0.608. The molecular formula is C13H21NO3. The Bertz CT molecular complexity index is 353. The maximum absolute atomic E-state index is 9.60. The molecule has 0 aliphatic heterocycles. The van der Waals surface area contributed by atoms with Gasteiger partial charge in [-0.05, 0) is 18.4 Å². The summed E-state index contributed by atoms with van der Waals surface area (Å²) in [5.74, 6) is 0.624. The van der Waals surface area contributed by atoms with Gasteiger partial charge in [0, 0.05) is 24.2 Å². The van der Waals surface area contributed by atoms with Crippen LogP contribution in [0.3, 0.4) is 0 Å². The van der Waals surface area contributed by atoms with Gasteiger partial charge in [-0.1, -0.05) is 19.9 Å². The first-order chi connectivity index (χ1) is 8.02. The molecule has 4 N–H and O–H groups in total. The van der Waals surface area contributed by atoms with Crippen molar-refractivity contribution in [1.29, 1.82) is 0 Å². The molecule has 0 heterocycles. The summed E-state index contributed by atoms with van der Waals surface area (Å²) in [7, 11) is 0. The molecule has 4 heteroatoms. The Kier molecular flexibility index (Phi) is 5.25. The van der Waals surface area contributed by atoms with Crippen LogP contribution in [0, 0.1) is 5.92 Å². The van der Waals surface area contributed by atoms with Crippen LogP contribution in [-0.2, 0) is 6.54 Å². The molecule has 0 aromatic heterocycles. The summed E-state index contributed by atoms with van der Waals surface area (Å²) in [4.78, 5) is 0. The molecule has 1 atom stereocenters. The SMILES string of the molecule is CC(C)CC(CO)NCc1ccc(O)cc1O. The van der Waals surface area contributed by atoms with Gasteiger partial charge in [0.2, 0.25) is 0 Å². The van der Waals surface area contributed by atoms with E-state index in [1.165, 1.54) is 12.1 Å². The zero-order chi connectivity index (χ0) is 12.8. The fourth-order valence-electron chi connectivity index (χ4n) is 1.75. The van der Waals surface area contributed by atoms with Crippen LogP contribution >= 0.6 is 0 Å². The molecular weight excluding hydrogens is 218 g/mol. The molecule has 0 radical (unpaired) electrons. The lowest BCUT2D eigenvalue weighted by Crippen LogP contribution is -2.33. The van der Waals surface area contributed by atoms with Gasteiger partial charge < -0.3 is 20.6 Å². The molecule has 0 saturated carbocycles. The number of hydrogen-bond donors (Lipinski definition) is 4. The molecule has 0 fully saturated rings. The zero-order valence-corrected chi connectivity index (χ0v) is 10.3. The first kappa shape index (κ1) is 13.8. The molecule has 0 bridgehead atoms. The van der Waals surface area contributed by atoms with E-state index in [4.69, 9.17) is 5.11 Å². The number of nitrogens with one attached hydrogen (secondary N) is 1. The summed E-state index contributed by atoms with van der Waals surface area (Å²) < 4.78 is 0. The average molecular weight is 239 g/mol. The fraction of sp³-hybridized carbons (Fsp3) is 0.538. The van der Waals surface area contributed by atoms with Gasteiger partial charge in [0.05, 0.1) is 6.61 Å². The van der Waals surface area contributed by atoms with E-state index in [0.29, 0.717) is 18.0 Å². The summed E-state index contributed by atoms with van der Waals surface area (Å²) in [5, 5.41) is 31.1. The monoisotopic (exact) mass is 239 g/mol. The minimum Gasteiger partial charge on any atom is -0.508 e. The van der Waals surface area contributed by atoms with Crippen molar-refractivity contribution in [2.75, 3.05) is 6.61 Å². The van der Waals surface area contributed by atoms with Crippen molar-refractivity contribution in [3.63, 3.8) is 0 Å². The number of aliphatic hydroxyl groups excluding tert-OH is 1. The number of phenolic OH excluding ortho intramolecular Hbond substituents is 2. The number of aromatic hydroxyl groups is 2. The largest absolute Gasteiger partial charge is 0.508 e. The van der Waals surface area contributed by atoms with Crippen molar-refractivity contribution in [2.45, 2.75) is 32.9 Å². The van der Waals surface area contributed by atoms with Crippen LogP contribution in [0.5, 0.6) is 11.5 Å². The van der Waals surface area contributed by atoms with E-state index in [2.05, 4.69) is 19.2 Å². The minimum absolute atomic E-state index is 0.0307.